The molecule has 1 saturated heterocycles. The molecule has 1 unspecified atom stereocenters. The van der Waals surface area contributed by atoms with Crippen molar-refractivity contribution in [2.24, 2.45) is 4.99 Å². The van der Waals surface area contributed by atoms with E-state index in [0.717, 1.165) is 51.8 Å². The lowest BCUT2D eigenvalue weighted by atomic mass is 9.99. The Hall–Kier alpha value is -0.820. The van der Waals surface area contributed by atoms with Crippen molar-refractivity contribution < 1.29 is 0 Å². The molecular weight excluding hydrogens is 411 g/mol. The maximum Gasteiger partial charge on any atom is 0.193 e. The van der Waals surface area contributed by atoms with Crippen LogP contribution in [0, 0.1) is 0 Å². The quantitative estimate of drug-likeness (QED) is 0.398. The minimum absolute atomic E-state index is 0. The fourth-order valence-corrected chi connectivity index (χ4v) is 3.21. The molecule has 1 aromatic carbocycles. The number of benzene rings is 1. The lowest BCUT2D eigenvalue weighted by molar-refractivity contribution is 0.312. The van der Waals surface area contributed by atoms with Gasteiger partial charge in [0.1, 0.15) is 0 Å². The van der Waals surface area contributed by atoms with Gasteiger partial charge >= 0.3 is 0 Å². The van der Waals surface area contributed by atoms with Gasteiger partial charge in [-0.25, -0.2) is 0 Å². The minimum atomic E-state index is 0. The predicted octanol–water partition coefficient (Wildman–Crippen LogP) is 3.40. The molecule has 1 aliphatic rings. The summed E-state index contributed by atoms with van der Waals surface area (Å²) < 4.78 is 0. The number of nitrogens with zero attached hydrogens (tertiary/aromatic N) is 3. The fraction of sp³-hybridized carbons (Fsp3) is 0.632. The highest BCUT2D eigenvalue weighted by Crippen LogP contribution is 2.26. The van der Waals surface area contributed by atoms with E-state index < -0.39 is 0 Å². The number of guanidine groups is 1. The highest BCUT2D eigenvalue weighted by molar-refractivity contribution is 14.0. The van der Waals surface area contributed by atoms with Gasteiger partial charge in [0.15, 0.2) is 5.96 Å². The first-order chi connectivity index (χ1) is 11.3. The topological polar surface area (TPSA) is 30.9 Å². The fourth-order valence-electron chi connectivity index (χ4n) is 3.21. The number of rotatable bonds is 7. The summed E-state index contributed by atoms with van der Waals surface area (Å²) in [6.07, 6.45) is 1.21. The van der Waals surface area contributed by atoms with Crippen LogP contribution in [0.1, 0.15) is 38.7 Å². The lowest BCUT2D eigenvalue weighted by Crippen LogP contribution is -2.40. The summed E-state index contributed by atoms with van der Waals surface area (Å²) in [5.41, 5.74) is 1.45. The number of aliphatic imine (C=N–C) groups is 1. The van der Waals surface area contributed by atoms with E-state index in [1.165, 1.54) is 12.0 Å². The van der Waals surface area contributed by atoms with E-state index >= 15 is 0 Å². The van der Waals surface area contributed by atoms with Crippen LogP contribution < -0.4 is 5.32 Å². The van der Waals surface area contributed by atoms with Gasteiger partial charge in [-0.2, -0.15) is 0 Å². The second-order valence-corrected chi connectivity index (χ2v) is 6.10. The van der Waals surface area contributed by atoms with Crippen molar-refractivity contribution in [2.45, 2.75) is 33.1 Å². The summed E-state index contributed by atoms with van der Waals surface area (Å²) >= 11 is 0. The van der Waals surface area contributed by atoms with E-state index in [1.54, 1.807) is 0 Å². The van der Waals surface area contributed by atoms with Gasteiger partial charge in [0.05, 0.1) is 6.54 Å². The van der Waals surface area contributed by atoms with Crippen molar-refractivity contribution >= 4 is 29.9 Å². The molecular formula is C19H33IN4. The molecule has 0 aliphatic carbocycles. The second-order valence-electron chi connectivity index (χ2n) is 6.10. The van der Waals surface area contributed by atoms with Gasteiger partial charge < -0.3 is 15.1 Å². The Bertz CT molecular complexity index is 474. The second kappa shape index (κ2) is 11.7. The van der Waals surface area contributed by atoms with Crippen molar-refractivity contribution in [1.82, 2.24) is 15.1 Å². The van der Waals surface area contributed by atoms with Crippen molar-refractivity contribution in [3.63, 3.8) is 0 Å². The maximum atomic E-state index is 4.85. The van der Waals surface area contributed by atoms with Crippen molar-refractivity contribution in [3.8, 4) is 0 Å². The number of hydrogen-bond donors (Lipinski definition) is 1. The van der Waals surface area contributed by atoms with Gasteiger partial charge in [0.25, 0.3) is 0 Å². The Labute approximate surface area is 164 Å². The van der Waals surface area contributed by atoms with Gasteiger partial charge in [-0.3, -0.25) is 4.99 Å². The van der Waals surface area contributed by atoms with Crippen LogP contribution in [0.4, 0.5) is 0 Å². The SMILES string of the molecule is CCNC(=NCCN(CC)CC)N1CCC(c2ccccc2)C1.I. The van der Waals surface area contributed by atoms with Crippen molar-refractivity contribution in [3.05, 3.63) is 35.9 Å². The zero-order valence-electron chi connectivity index (χ0n) is 15.4. The van der Waals surface area contributed by atoms with Crippen molar-refractivity contribution in [2.75, 3.05) is 45.8 Å². The Kier molecular flexibility index (Phi) is 10.3. The van der Waals surface area contributed by atoms with Crippen LogP contribution in [0.3, 0.4) is 0 Å². The molecule has 0 amide bonds. The van der Waals surface area contributed by atoms with E-state index in [1.807, 2.05) is 0 Å². The van der Waals surface area contributed by atoms with Crippen LogP contribution in [0.5, 0.6) is 0 Å². The average Bonchev–Trinajstić information content (AvgIpc) is 3.08. The summed E-state index contributed by atoms with van der Waals surface area (Å²) in [4.78, 5) is 9.69. The van der Waals surface area contributed by atoms with E-state index in [0.29, 0.717) is 5.92 Å². The van der Waals surface area contributed by atoms with Crippen LogP contribution in [-0.2, 0) is 0 Å². The van der Waals surface area contributed by atoms with E-state index in [2.05, 4.69) is 66.2 Å². The molecule has 5 heteroatoms. The third-order valence-corrected chi connectivity index (χ3v) is 4.67. The van der Waals surface area contributed by atoms with Gasteiger partial charge in [0, 0.05) is 32.1 Å². The standard InChI is InChI=1S/C19H32N4.HI/c1-4-20-19(21-13-15-22(5-2)6-3)23-14-12-18(16-23)17-10-8-7-9-11-17;/h7-11,18H,4-6,12-16H2,1-3H3,(H,20,21);1H. The zero-order valence-corrected chi connectivity index (χ0v) is 17.7. The van der Waals surface area contributed by atoms with Crippen LogP contribution in [0.2, 0.25) is 0 Å². The molecule has 1 heterocycles. The van der Waals surface area contributed by atoms with E-state index in [9.17, 15) is 0 Å². The average molecular weight is 444 g/mol. The maximum absolute atomic E-state index is 4.85. The summed E-state index contributed by atoms with van der Waals surface area (Å²) in [5, 5.41) is 3.46. The summed E-state index contributed by atoms with van der Waals surface area (Å²) in [5.74, 6) is 1.71. The molecule has 136 valence electrons. The lowest BCUT2D eigenvalue weighted by Gasteiger charge is -2.23. The molecule has 1 atom stereocenters. The first kappa shape index (κ1) is 21.2. The molecule has 1 N–H and O–H groups in total. The highest BCUT2D eigenvalue weighted by Gasteiger charge is 2.25. The summed E-state index contributed by atoms with van der Waals surface area (Å²) in [6, 6.07) is 10.9. The zero-order chi connectivity index (χ0) is 16.5. The Morgan fingerprint density at radius 1 is 1.21 bits per heavy atom. The summed E-state index contributed by atoms with van der Waals surface area (Å²) in [6.45, 7) is 13.8. The molecule has 24 heavy (non-hydrogen) atoms. The van der Waals surface area contributed by atoms with Crippen molar-refractivity contribution in [1.29, 1.82) is 0 Å². The normalized spacial score (nSPS) is 17.9. The Balaban J connectivity index is 0.00000288. The predicted molar refractivity (Wildman–Crippen MR) is 115 cm³/mol. The molecule has 2 rings (SSSR count). The molecule has 1 aliphatic heterocycles. The Morgan fingerprint density at radius 2 is 1.92 bits per heavy atom. The van der Waals surface area contributed by atoms with Gasteiger partial charge in [-0.1, -0.05) is 44.2 Å². The molecule has 0 spiro atoms. The monoisotopic (exact) mass is 444 g/mol. The van der Waals surface area contributed by atoms with Crippen LogP contribution in [-0.4, -0.2) is 61.6 Å². The third-order valence-electron chi connectivity index (χ3n) is 4.67. The number of likely N-dealkylation sites (tertiary alicyclic amines) is 1. The number of nitrogens with one attached hydrogen (secondary N) is 1. The number of hydrogen-bond acceptors (Lipinski definition) is 2. The smallest absolute Gasteiger partial charge is 0.193 e. The summed E-state index contributed by atoms with van der Waals surface area (Å²) in [7, 11) is 0. The van der Waals surface area contributed by atoms with Crippen LogP contribution >= 0.6 is 24.0 Å². The van der Waals surface area contributed by atoms with Gasteiger partial charge in [-0.05, 0) is 32.0 Å². The molecule has 0 saturated carbocycles. The molecule has 4 nitrogen and oxygen atoms in total. The van der Waals surface area contributed by atoms with Crippen LogP contribution in [0.25, 0.3) is 0 Å². The van der Waals surface area contributed by atoms with Gasteiger partial charge in [-0.15, -0.1) is 24.0 Å². The molecule has 0 bridgehead atoms. The number of likely N-dealkylation sites (N-methyl/N-ethyl adjacent to an activating group) is 1. The van der Waals surface area contributed by atoms with E-state index in [-0.39, 0.29) is 24.0 Å². The third kappa shape index (κ3) is 6.24. The van der Waals surface area contributed by atoms with E-state index in [4.69, 9.17) is 4.99 Å². The Morgan fingerprint density at radius 3 is 2.54 bits per heavy atom. The highest BCUT2D eigenvalue weighted by atomic mass is 127. The molecule has 1 fully saturated rings. The molecule has 0 radical (unpaired) electrons. The minimum Gasteiger partial charge on any atom is -0.357 e. The largest absolute Gasteiger partial charge is 0.357 e. The molecule has 1 aromatic rings. The van der Waals surface area contributed by atoms with Gasteiger partial charge in [0.2, 0.25) is 0 Å². The number of halogens is 1. The first-order valence-electron chi connectivity index (χ1n) is 9.09. The van der Waals surface area contributed by atoms with Crippen LogP contribution in [0.15, 0.2) is 35.3 Å². The first-order valence-corrected chi connectivity index (χ1v) is 9.09. The molecule has 0 aromatic heterocycles.